The topological polar surface area (TPSA) is 147 Å². The monoisotopic (exact) mass is 552 g/mol. The lowest BCUT2D eigenvalue weighted by atomic mass is 9.66. The van der Waals surface area contributed by atoms with Crippen molar-refractivity contribution in [2.45, 2.75) is 63.9 Å². The third-order valence-corrected chi connectivity index (χ3v) is 7.39. The van der Waals surface area contributed by atoms with Crippen LogP contribution in [0.4, 0.5) is 15.0 Å². The molecule has 1 aliphatic rings. The first-order valence-corrected chi connectivity index (χ1v) is 13.3. The van der Waals surface area contributed by atoms with Gasteiger partial charge in [-0.1, -0.05) is 11.5 Å². The van der Waals surface area contributed by atoms with E-state index in [4.69, 9.17) is 10.3 Å². The number of Topliss-reactive ketones (excluding diaryl/α,β-unsaturated/α-hetero) is 1. The Morgan fingerprint density at radius 3 is 2.64 bits per heavy atom. The zero-order valence-electron chi connectivity index (χ0n) is 22.0. The van der Waals surface area contributed by atoms with Crippen LogP contribution in [0, 0.1) is 5.82 Å². The number of hydrogen-bond acceptors (Lipinski definition) is 9. The maximum Gasteiger partial charge on any atom is 0.416 e. The molecule has 1 aliphatic carbocycles. The molecular formula is C26H29FN8O3S. The van der Waals surface area contributed by atoms with E-state index in [9.17, 15) is 14.0 Å². The summed E-state index contributed by atoms with van der Waals surface area (Å²) in [4.78, 5) is 38.6. The molecule has 1 amide bonds. The average Bonchev–Trinajstić information content (AvgIpc) is 3.35. The fourth-order valence-electron chi connectivity index (χ4n) is 4.28. The Labute approximate surface area is 229 Å². The Bertz CT molecular complexity index is 1380. The van der Waals surface area contributed by atoms with Crippen molar-refractivity contribution in [3.05, 3.63) is 63.5 Å². The predicted octanol–water partition coefficient (Wildman–Crippen LogP) is 5.81. The van der Waals surface area contributed by atoms with Crippen molar-refractivity contribution in [2.75, 3.05) is 18.0 Å². The summed E-state index contributed by atoms with van der Waals surface area (Å²) in [5.74, 6) is -0.276. The normalized spacial score (nSPS) is 14.2. The molecule has 3 aromatic heterocycles. The van der Waals surface area contributed by atoms with Crippen molar-refractivity contribution in [1.82, 2.24) is 20.2 Å². The molecule has 0 saturated heterocycles. The summed E-state index contributed by atoms with van der Waals surface area (Å²) in [5.41, 5.74) is 7.79. The summed E-state index contributed by atoms with van der Waals surface area (Å²) in [5, 5.41) is 12.5. The number of carbonyl (C=O) groups excluding carboxylic acids is 2. The number of anilines is 1. The van der Waals surface area contributed by atoms with Crippen LogP contribution in [0.5, 0.6) is 0 Å². The highest BCUT2D eigenvalue weighted by molar-refractivity contribution is 7.15. The Morgan fingerprint density at radius 1 is 1.23 bits per heavy atom. The van der Waals surface area contributed by atoms with Gasteiger partial charge in [0.15, 0.2) is 5.82 Å². The van der Waals surface area contributed by atoms with Gasteiger partial charge in [-0.2, -0.15) is 0 Å². The van der Waals surface area contributed by atoms with Gasteiger partial charge in [-0.15, -0.1) is 21.5 Å². The number of amides is 1. The fourth-order valence-corrected chi connectivity index (χ4v) is 5.16. The summed E-state index contributed by atoms with van der Waals surface area (Å²) in [6.07, 6.45) is 5.60. The van der Waals surface area contributed by atoms with E-state index in [0.717, 1.165) is 11.3 Å². The highest BCUT2D eigenvalue weighted by Crippen LogP contribution is 2.45. The molecule has 0 N–H and O–H groups in total. The number of ether oxygens (including phenoxy) is 1. The first-order valence-electron chi connectivity index (χ1n) is 12.5. The maximum atomic E-state index is 14.8. The van der Waals surface area contributed by atoms with Crippen molar-refractivity contribution in [3.63, 3.8) is 0 Å². The molecule has 1 saturated carbocycles. The number of rotatable bonds is 10. The minimum atomic E-state index is -0.745. The minimum Gasteiger partial charge on any atom is -0.443 e. The molecule has 204 valence electrons. The van der Waals surface area contributed by atoms with E-state index in [0.29, 0.717) is 35.7 Å². The van der Waals surface area contributed by atoms with Crippen LogP contribution >= 0.6 is 11.3 Å². The van der Waals surface area contributed by atoms with Crippen LogP contribution < -0.4 is 4.90 Å². The number of nitrogens with zero attached hydrogens (tertiary/aromatic N) is 8. The van der Waals surface area contributed by atoms with Crippen LogP contribution in [-0.2, 0) is 21.4 Å². The maximum absolute atomic E-state index is 14.8. The number of halogens is 1. The van der Waals surface area contributed by atoms with Gasteiger partial charge in [0.2, 0.25) is 0 Å². The summed E-state index contributed by atoms with van der Waals surface area (Å²) in [6, 6.07) is 6.31. The molecule has 0 radical (unpaired) electrons. The van der Waals surface area contributed by atoms with Crippen LogP contribution in [-0.4, -0.2) is 50.7 Å². The number of ketones is 1. The Kier molecular flexibility index (Phi) is 8.51. The second-order valence-electron chi connectivity index (χ2n) is 10.4. The van der Waals surface area contributed by atoms with Gasteiger partial charge in [0.1, 0.15) is 27.9 Å². The molecule has 39 heavy (non-hydrogen) atoms. The predicted molar refractivity (Wildman–Crippen MR) is 144 cm³/mol. The second kappa shape index (κ2) is 11.8. The number of hydrogen-bond donors (Lipinski definition) is 0. The van der Waals surface area contributed by atoms with Gasteiger partial charge in [0, 0.05) is 40.6 Å². The third kappa shape index (κ3) is 6.92. The standard InChI is InChI=1S/C26H29FN8O3S/c1-25(2,3)38-24(37)35(16-26(11-5-12-26)22-19(27)6-4-13-29-22)21-10-9-20(32-33-21)23-30-15-18(39-23)8-7-17(36)14-31-34-28/h4,6,9-10,13,15H,5,7-8,11-12,14,16H2,1-3H3. The van der Waals surface area contributed by atoms with Gasteiger partial charge in [-0.05, 0) is 69.8 Å². The molecule has 1 fully saturated rings. The van der Waals surface area contributed by atoms with Crippen LogP contribution in [0.2, 0.25) is 0 Å². The van der Waals surface area contributed by atoms with Gasteiger partial charge >= 0.3 is 6.09 Å². The number of thiazole rings is 1. The molecule has 4 rings (SSSR count). The van der Waals surface area contributed by atoms with Gasteiger partial charge < -0.3 is 4.74 Å². The quantitative estimate of drug-likeness (QED) is 0.175. The molecule has 0 unspecified atom stereocenters. The lowest BCUT2D eigenvalue weighted by molar-refractivity contribution is -0.117. The van der Waals surface area contributed by atoms with Crippen molar-refractivity contribution in [3.8, 4) is 10.7 Å². The molecule has 13 heteroatoms. The molecule has 0 bridgehead atoms. The Hall–Kier alpha value is -3.96. The van der Waals surface area contributed by atoms with E-state index in [1.165, 1.54) is 22.3 Å². The van der Waals surface area contributed by atoms with Gasteiger partial charge in [-0.3, -0.25) is 14.7 Å². The largest absolute Gasteiger partial charge is 0.443 e. The molecule has 3 aromatic rings. The number of aromatic nitrogens is 4. The van der Waals surface area contributed by atoms with Crippen molar-refractivity contribution in [2.24, 2.45) is 5.11 Å². The van der Waals surface area contributed by atoms with E-state index >= 15 is 0 Å². The fraction of sp³-hybridized carbons (Fsp3) is 0.462. The first kappa shape index (κ1) is 28.1. The van der Waals surface area contributed by atoms with E-state index < -0.39 is 22.9 Å². The van der Waals surface area contributed by atoms with E-state index in [2.05, 4.69) is 30.2 Å². The number of azide groups is 1. The summed E-state index contributed by atoms with van der Waals surface area (Å²) < 4.78 is 20.4. The summed E-state index contributed by atoms with van der Waals surface area (Å²) in [7, 11) is 0. The van der Waals surface area contributed by atoms with Gasteiger partial charge in [-0.25, -0.2) is 14.2 Å². The minimum absolute atomic E-state index is 0.148. The van der Waals surface area contributed by atoms with E-state index in [1.807, 2.05) is 0 Å². The summed E-state index contributed by atoms with van der Waals surface area (Å²) >= 11 is 1.38. The highest BCUT2D eigenvalue weighted by atomic mass is 32.1. The van der Waals surface area contributed by atoms with Crippen molar-refractivity contribution >= 4 is 29.0 Å². The molecule has 0 aromatic carbocycles. The van der Waals surface area contributed by atoms with E-state index in [-0.39, 0.29) is 31.1 Å². The van der Waals surface area contributed by atoms with Crippen LogP contribution in [0.3, 0.4) is 0 Å². The molecular weight excluding hydrogens is 523 g/mol. The van der Waals surface area contributed by atoms with E-state index in [1.54, 1.807) is 51.4 Å². The number of pyridine rings is 1. The zero-order chi connectivity index (χ0) is 28.0. The number of aryl methyl sites for hydroxylation is 1. The lowest BCUT2D eigenvalue weighted by Crippen LogP contribution is -2.50. The van der Waals surface area contributed by atoms with Crippen LogP contribution in [0.15, 0.2) is 41.8 Å². The lowest BCUT2D eigenvalue weighted by Gasteiger charge is -2.44. The van der Waals surface area contributed by atoms with Crippen LogP contribution in [0.25, 0.3) is 21.1 Å². The smallest absolute Gasteiger partial charge is 0.416 e. The molecule has 11 nitrogen and oxygen atoms in total. The summed E-state index contributed by atoms with van der Waals surface area (Å²) in [6.45, 7) is 5.31. The Morgan fingerprint density at radius 2 is 2.03 bits per heavy atom. The third-order valence-electron chi connectivity index (χ3n) is 6.31. The van der Waals surface area contributed by atoms with Gasteiger partial charge in [0.25, 0.3) is 0 Å². The molecule has 0 spiro atoms. The zero-order valence-corrected chi connectivity index (χ0v) is 22.8. The van der Waals surface area contributed by atoms with Gasteiger partial charge in [0.05, 0.1) is 12.2 Å². The molecule has 0 aliphatic heterocycles. The first-order chi connectivity index (χ1) is 18.6. The second-order valence-corrected chi connectivity index (χ2v) is 11.5. The molecule has 3 heterocycles. The number of carbonyl (C=O) groups is 2. The van der Waals surface area contributed by atoms with Crippen molar-refractivity contribution < 1.29 is 18.7 Å². The SMILES string of the molecule is CC(C)(C)OC(=O)N(CC1(c2ncccc2F)CCC1)c1ccc(-c2ncc(CCC(=O)CN=[N+]=[N-])s2)nn1. The Balaban J connectivity index is 1.55. The average molecular weight is 553 g/mol. The van der Waals surface area contributed by atoms with Crippen LogP contribution in [0.1, 0.15) is 57.0 Å². The van der Waals surface area contributed by atoms with Crippen molar-refractivity contribution in [1.29, 1.82) is 0 Å². The molecule has 0 atom stereocenters. The highest BCUT2D eigenvalue weighted by Gasteiger charge is 2.45.